The molecule has 0 bridgehead atoms. The second-order valence-corrected chi connectivity index (χ2v) is 4.16. The molecule has 1 aliphatic carbocycles. The molecule has 1 fully saturated rings. The van der Waals surface area contributed by atoms with E-state index in [0.717, 1.165) is 12.5 Å². The molecule has 76 valence electrons. The second kappa shape index (κ2) is 4.61. The summed E-state index contributed by atoms with van der Waals surface area (Å²) in [7, 11) is 0. The first-order valence-corrected chi connectivity index (χ1v) is 5.54. The molecule has 1 heteroatoms. The van der Waals surface area contributed by atoms with E-state index in [1.807, 2.05) is 6.07 Å². The van der Waals surface area contributed by atoms with Crippen LogP contribution in [0.5, 0.6) is 0 Å². The first-order chi connectivity index (χ1) is 6.88. The predicted molar refractivity (Wildman–Crippen MR) is 58.0 cm³/mol. The summed E-state index contributed by atoms with van der Waals surface area (Å²) in [4.78, 5) is 0. The maximum Gasteiger partial charge on any atom is 0.0720 e. The van der Waals surface area contributed by atoms with E-state index in [2.05, 4.69) is 31.2 Å². The van der Waals surface area contributed by atoms with E-state index < -0.39 is 0 Å². The normalized spacial score (nSPS) is 25.8. The summed E-state index contributed by atoms with van der Waals surface area (Å²) in [6.07, 6.45) is 4.37. The summed E-state index contributed by atoms with van der Waals surface area (Å²) in [5, 5.41) is 0. The van der Waals surface area contributed by atoms with Gasteiger partial charge in [0.25, 0.3) is 0 Å². The predicted octanol–water partition coefficient (Wildman–Crippen LogP) is 3.39. The van der Waals surface area contributed by atoms with Crippen molar-refractivity contribution in [3.8, 4) is 0 Å². The lowest BCUT2D eigenvalue weighted by molar-refractivity contribution is -0.0408. The van der Waals surface area contributed by atoms with E-state index in [9.17, 15) is 0 Å². The molecule has 0 radical (unpaired) electrons. The minimum absolute atomic E-state index is 0.528. The minimum Gasteiger partial charge on any atom is -0.374 e. The third-order valence-corrected chi connectivity index (χ3v) is 3.10. The van der Waals surface area contributed by atoms with Gasteiger partial charge in [-0.05, 0) is 24.3 Å². The van der Waals surface area contributed by atoms with Gasteiger partial charge in [0.2, 0.25) is 0 Å². The Balaban J connectivity index is 1.69. The average Bonchev–Trinajstić information content (AvgIpc) is 2.17. The van der Waals surface area contributed by atoms with Gasteiger partial charge < -0.3 is 4.74 Å². The molecule has 0 aliphatic heterocycles. The Morgan fingerprint density at radius 3 is 2.57 bits per heavy atom. The lowest BCUT2D eigenvalue weighted by atomic mass is 9.80. The molecule has 0 atom stereocenters. The standard InChI is InChI=1S/C13H18O/c1-2-11-8-13(9-11)14-10-12-6-4-3-5-7-12/h3-7,11,13H,2,8-10H2,1H3. The van der Waals surface area contributed by atoms with E-state index in [4.69, 9.17) is 4.74 Å². The van der Waals surface area contributed by atoms with Crippen molar-refractivity contribution in [3.63, 3.8) is 0 Å². The van der Waals surface area contributed by atoms with E-state index in [1.54, 1.807) is 0 Å². The monoisotopic (exact) mass is 190 g/mol. The zero-order chi connectivity index (χ0) is 9.80. The Hall–Kier alpha value is -0.820. The molecule has 14 heavy (non-hydrogen) atoms. The fourth-order valence-electron chi connectivity index (χ4n) is 1.93. The second-order valence-electron chi connectivity index (χ2n) is 4.16. The van der Waals surface area contributed by atoms with E-state index >= 15 is 0 Å². The molecule has 0 heterocycles. The van der Waals surface area contributed by atoms with Crippen LogP contribution in [0.3, 0.4) is 0 Å². The Kier molecular flexibility index (Phi) is 3.20. The largest absolute Gasteiger partial charge is 0.374 e. The third kappa shape index (κ3) is 2.36. The summed E-state index contributed by atoms with van der Waals surface area (Å²) in [6, 6.07) is 10.4. The summed E-state index contributed by atoms with van der Waals surface area (Å²) in [5.41, 5.74) is 1.28. The topological polar surface area (TPSA) is 9.23 Å². The molecule has 0 amide bonds. The maximum absolute atomic E-state index is 5.80. The van der Waals surface area contributed by atoms with Crippen LogP contribution in [0.4, 0.5) is 0 Å². The quantitative estimate of drug-likeness (QED) is 0.707. The van der Waals surface area contributed by atoms with Crippen molar-refractivity contribution < 1.29 is 4.74 Å². The highest BCUT2D eigenvalue weighted by Gasteiger charge is 2.27. The van der Waals surface area contributed by atoms with E-state index in [1.165, 1.54) is 24.8 Å². The average molecular weight is 190 g/mol. The lowest BCUT2D eigenvalue weighted by Crippen LogP contribution is -2.30. The summed E-state index contributed by atoms with van der Waals surface area (Å²) in [5.74, 6) is 0.927. The highest BCUT2D eigenvalue weighted by Crippen LogP contribution is 2.32. The van der Waals surface area contributed by atoms with Crippen molar-refractivity contribution in [1.82, 2.24) is 0 Å². The van der Waals surface area contributed by atoms with Crippen molar-refractivity contribution in [2.24, 2.45) is 5.92 Å². The van der Waals surface area contributed by atoms with Gasteiger partial charge in [-0.15, -0.1) is 0 Å². The first-order valence-electron chi connectivity index (χ1n) is 5.54. The zero-order valence-corrected chi connectivity index (χ0v) is 8.78. The van der Waals surface area contributed by atoms with Crippen LogP contribution >= 0.6 is 0 Å². The number of benzene rings is 1. The molecule has 0 unspecified atom stereocenters. The van der Waals surface area contributed by atoms with Gasteiger partial charge in [-0.1, -0.05) is 43.7 Å². The summed E-state index contributed by atoms with van der Waals surface area (Å²) < 4.78 is 5.80. The van der Waals surface area contributed by atoms with Crippen LogP contribution in [0.2, 0.25) is 0 Å². The van der Waals surface area contributed by atoms with Crippen molar-refractivity contribution >= 4 is 0 Å². The number of ether oxygens (including phenoxy) is 1. The van der Waals surface area contributed by atoms with Crippen LogP contribution in [0.25, 0.3) is 0 Å². The van der Waals surface area contributed by atoms with E-state index in [-0.39, 0.29) is 0 Å². The molecule has 1 aromatic rings. The Bertz CT molecular complexity index is 262. The zero-order valence-electron chi connectivity index (χ0n) is 8.78. The van der Waals surface area contributed by atoms with Crippen molar-refractivity contribution in [2.45, 2.75) is 38.9 Å². The van der Waals surface area contributed by atoms with Crippen LogP contribution < -0.4 is 0 Å². The number of hydrogen-bond acceptors (Lipinski definition) is 1. The molecule has 2 rings (SSSR count). The molecule has 1 aliphatic rings. The van der Waals surface area contributed by atoms with Crippen LogP contribution in [-0.4, -0.2) is 6.10 Å². The van der Waals surface area contributed by atoms with Gasteiger partial charge in [0.05, 0.1) is 12.7 Å². The van der Waals surface area contributed by atoms with Gasteiger partial charge in [-0.25, -0.2) is 0 Å². The SMILES string of the molecule is CCC1CC(OCc2ccccc2)C1. The Morgan fingerprint density at radius 1 is 1.21 bits per heavy atom. The Labute approximate surface area is 86.1 Å². The van der Waals surface area contributed by atoms with Gasteiger partial charge in [0, 0.05) is 0 Å². The molecule has 1 aromatic carbocycles. The van der Waals surface area contributed by atoms with E-state index in [0.29, 0.717) is 6.10 Å². The Morgan fingerprint density at radius 2 is 1.93 bits per heavy atom. The van der Waals surface area contributed by atoms with Gasteiger partial charge in [-0.3, -0.25) is 0 Å². The van der Waals surface area contributed by atoms with Crippen LogP contribution in [0.15, 0.2) is 30.3 Å². The van der Waals surface area contributed by atoms with Gasteiger partial charge in [0.15, 0.2) is 0 Å². The molecular formula is C13H18O. The lowest BCUT2D eigenvalue weighted by Gasteiger charge is -2.34. The first kappa shape index (κ1) is 9.72. The molecule has 1 saturated carbocycles. The van der Waals surface area contributed by atoms with Crippen molar-refractivity contribution in [2.75, 3.05) is 0 Å². The van der Waals surface area contributed by atoms with Crippen LogP contribution in [0, 0.1) is 5.92 Å². The smallest absolute Gasteiger partial charge is 0.0720 e. The third-order valence-electron chi connectivity index (χ3n) is 3.10. The van der Waals surface area contributed by atoms with Crippen LogP contribution in [-0.2, 0) is 11.3 Å². The fraction of sp³-hybridized carbons (Fsp3) is 0.538. The number of hydrogen-bond donors (Lipinski definition) is 0. The highest BCUT2D eigenvalue weighted by molar-refractivity contribution is 5.13. The maximum atomic E-state index is 5.80. The highest BCUT2D eigenvalue weighted by atomic mass is 16.5. The van der Waals surface area contributed by atoms with Crippen molar-refractivity contribution in [3.05, 3.63) is 35.9 Å². The molecule has 0 spiro atoms. The summed E-state index contributed by atoms with van der Waals surface area (Å²) in [6.45, 7) is 3.04. The van der Waals surface area contributed by atoms with Gasteiger partial charge in [-0.2, -0.15) is 0 Å². The van der Waals surface area contributed by atoms with Crippen LogP contribution in [0.1, 0.15) is 31.7 Å². The molecule has 0 aromatic heterocycles. The van der Waals surface area contributed by atoms with Gasteiger partial charge in [0.1, 0.15) is 0 Å². The summed E-state index contributed by atoms with van der Waals surface area (Å²) >= 11 is 0. The molecular weight excluding hydrogens is 172 g/mol. The molecule has 0 N–H and O–H groups in total. The van der Waals surface area contributed by atoms with Crippen molar-refractivity contribution in [1.29, 1.82) is 0 Å². The number of rotatable bonds is 4. The molecule has 1 nitrogen and oxygen atoms in total. The van der Waals surface area contributed by atoms with Gasteiger partial charge >= 0.3 is 0 Å². The molecule has 0 saturated heterocycles. The minimum atomic E-state index is 0.528. The fourth-order valence-corrected chi connectivity index (χ4v) is 1.93.